The first-order valence-corrected chi connectivity index (χ1v) is 5.70. The van der Waals surface area contributed by atoms with Gasteiger partial charge in [-0.05, 0) is 32.1 Å². The van der Waals surface area contributed by atoms with Crippen molar-refractivity contribution in [1.29, 1.82) is 0 Å². The summed E-state index contributed by atoms with van der Waals surface area (Å²) in [5, 5.41) is 20.8. The molecule has 0 heterocycles. The van der Waals surface area contributed by atoms with E-state index >= 15 is 0 Å². The fraction of sp³-hybridized carbons (Fsp3) is 0.909. The van der Waals surface area contributed by atoms with Crippen molar-refractivity contribution in [2.24, 2.45) is 11.1 Å². The summed E-state index contributed by atoms with van der Waals surface area (Å²) in [6.45, 7) is 0.297. The van der Waals surface area contributed by atoms with Gasteiger partial charge in [-0.25, -0.2) is 0 Å². The Morgan fingerprint density at radius 2 is 2.07 bits per heavy atom. The van der Waals surface area contributed by atoms with Crippen molar-refractivity contribution >= 4 is 5.71 Å². The summed E-state index contributed by atoms with van der Waals surface area (Å²) < 4.78 is 0. The molecule has 3 nitrogen and oxygen atoms in total. The first-order chi connectivity index (χ1) is 6.88. The summed E-state index contributed by atoms with van der Waals surface area (Å²) in [7, 11) is 0. The molecular formula is C11H21NO2. The van der Waals surface area contributed by atoms with Gasteiger partial charge in [-0.3, -0.25) is 0 Å². The second-order valence-electron chi connectivity index (χ2n) is 4.11. The van der Waals surface area contributed by atoms with E-state index in [-0.39, 0.29) is 0 Å². The van der Waals surface area contributed by atoms with Crippen LogP contribution in [0.25, 0.3) is 0 Å². The van der Waals surface area contributed by atoms with Gasteiger partial charge in [-0.2, -0.15) is 0 Å². The van der Waals surface area contributed by atoms with Crippen molar-refractivity contribution in [2.45, 2.75) is 51.4 Å². The molecule has 14 heavy (non-hydrogen) atoms. The summed E-state index contributed by atoms with van der Waals surface area (Å²) in [6, 6.07) is 0. The third-order valence-corrected chi connectivity index (χ3v) is 3.05. The Labute approximate surface area is 85.8 Å². The summed E-state index contributed by atoms with van der Waals surface area (Å²) >= 11 is 0. The molecule has 1 aliphatic rings. The fourth-order valence-electron chi connectivity index (χ4n) is 2.19. The van der Waals surface area contributed by atoms with Crippen LogP contribution in [0.2, 0.25) is 0 Å². The number of hydrogen-bond donors (Lipinski definition) is 2. The molecule has 1 unspecified atom stereocenters. The molecule has 1 rings (SSSR count). The largest absolute Gasteiger partial charge is 0.411 e. The van der Waals surface area contributed by atoms with Crippen molar-refractivity contribution < 1.29 is 10.3 Å². The van der Waals surface area contributed by atoms with Crippen molar-refractivity contribution in [3.8, 4) is 0 Å². The number of aliphatic hydroxyl groups excluding tert-OH is 1. The summed E-state index contributed by atoms with van der Waals surface area (Å²) in [5.41, 5.74) is 1.00. The van der Waals surface area contributed by atoms with Gasteiger partial charge in [0.15, 0.2) is 0 Å². The molecule has 0 bridgehead atoms. The Bertz CT molecular complexity index is 180. The average molecular weight is 199 g/mol. The lowest BCUT2D eigenvalue weighted by Crippen LogP contribution is -2.19. The highest BCUT2D eigenvalue weighted by molar-refractivity contribution is 5.86. The molecular weight excluding hydrogens is 178 g/mol. The predicted molar refractivity (Wildman–Crippen MR) is 56.7 cm³/mol. The van der Waals surface area contributed by atoms with Gasteiger partial charge in [-0.1, -0.05) is 24.4 Å². The monoisotopic (exact) mass is 199 g/mol. The van der Waals surface area contributed by atoms with Crippen LogP contribution in [0.1, 0.15) is 51.4 Å². The SMILES string of the molecule is OCCCCCC1CCCCC1=NO. The van der Waals surface area contributed by atoms with Crippen LogP contribution in [0.4, 0.5) is 0 Å². The molecule has 2 N–H and O–H groups in total. The van der Waals surface area contributed by atoms with Crippen LogP contribution in [-0.2, 0) is 0 Å². The van der Waals surface area contributed by atoms with Crippen molar-refractivity contribution in [3.05, 3.63) is 0 Å². The minimum absolute atomic E-state index is 0.297. The van der Waals surface area contributed by atoms with E-state index in [9.17, 15) is 0 Å². The highest BCUT2D eigenvalue weighted by atomic mass is 16.4. The Morgan fingerprint density at radius 1 is 1.21 bits per heavy atom. The van der Waals surface area contributed by atoms with Gasteiger partial charge < -0.3 is 10.3 Å². The van der Waals surface area contributed by atoms with Gasteiger partial charge in [0.25, 0.3) is 0 Å². The minimum atomic E-state index is 0.297. The molecule has 3 heteroatoms. The molecule has 1 fully saturated rings. The van der Waals surface area contributed by atoms with Crippen LogP contribution in [0.15, 0.2) is 5.16 Å². The topological polar surface area (TPSA) is 52.8 Å². The zero-order valence-electron chi connectivity index (χ0n) is 8.78. The van der Waals surface area contributed by atoms with Gasteiger partial charge in [0.05, 0.1) is 5.71 Å². The highest BCUT2D eigenvalue weighted by Gasteiger charge is 2.20. The second-order valence-corrected chi connectivity index (χ2v) is 4.11. The highest BCUT2D eigenvalue weighted by Crippen LogP contribution is 2.26. The maximum Gasteiger partial charge on any atom is 0.0601 e. The lowest BCUT2D eigenvalue weighted by molar-refractivity contribution is 0.280. The van der Waals surface area contributed by atoms with Crippen LogP contribution >= 0.6 is 0 Å². The first-order valence-electron chi connectivity index (χ1n) is 5.70. The maximum atomic E-state index is 8.81. The number of rotatable bonds is 5. The standard InChI is InChI=1S/C11H21NO2/c13-9-5-1-2-6-10-7-3-4-8-11(10)12-14/h10,13-14H,1-9H2. The number of unbranched alkanes of at least 4 members (excludes halogenated alkanes) is 2. The van der Waals surface area contributed by atoms with Gasteiger partial charge in [0, 0.05) is 12.5 Å². The Kier molecular flexibility index (Phi) is 5.60. The van der Waals surface area contributed by atoms with E-state index in [1.54, 1.807) is 0 Å². The minimum Gasteiger partial charge on any atom is -0.411 e. The molecule has 1 atom stereocenters. The van der Waals surface area contributed by atoms with Crippen molar-refractivity contribution in [1.82, 2.24) is 0 Å². The van der Waals surface area contributed by atoms with E-state index in [1.165, 1.54) is 19.3 Å². The lowest BCUT2D eigenvalue weighted by atomic mass is 9.84. The number of nitrogens with zero attached hydrogens (tertiary/aromatic N) is 1. The Morgan fingerprint density at radius 3 is 2.79 bits per heavy atom. The Balaban J connectivity index is 2.20. The molecule has 0 aromatic rings. The molecule has 0 saturated heterocycles. The smallest absolute Gasteiger partial charge is 0.0601 e. The number of aliphatic hydroxyl groups is 1. The lowest BCUT2D eigenvalue weighted by Gasteiger charge is -2.22. The van der Waals surface area contributed by atoms with Crippen molar-refractivity contribution in [3.63, 3.8) is 0 Å². The van der Waals surface area contributed by atoms with Gasteiger partial charge >= 0.3 is 0 Å². The molecule has 1 aliphatic carbocycles. The first kappa shape index (κ1) is 11.5. The molecule has 0 radical (unpaired) electrons. The molecule has 1 saturated carbocycles. The normalized spacial score (nSPS) is 25.5. The average Bonchev–Trinajstić information content (AvgIpc) is 2.25. The molecule has 0 aliphatic heterocycles. The van der Waals surface area contributed by atoms with Crippen LogP contribution in [0, 0.1) is 5.92 Å². The van der Waals surface area contributed by atoms with Gasteiger partial charge in [-0.15, -0.1) is 0 Å². The third kappa shape index (κ3) is 3.66. The fourth-order valence-corrected chi connectivity index (χ4v) is 2.19. The zero-order chi connectivity index (χ0) is 10.2. The maximum absolute atomic E-state index is 8.81. The Hall–Kier alpha value is -0.570. The van der Waals surface area contributed by atoms with Gasteiger partial charge in [0.1, 0.15) is 0 Å². The molecule has 0 aromatic carbocycles. The van der Waals surface area contributed by atoms with Crippen LogP contribution in [0.5, 0.6) is 0 Å². The summed E-state index contributed by atoms with van der Waals surface area (Å²) in [5.74, 6) is 0.507. The van der Waals surface area contributed by atoms with Gasteiger partial charge in [0.2, 0.25) is 0 Å². The van der Waals surface area contributed by atoms with E-state index in [0.717, 1.165) is 37.8 Å². The van der Waals surface area contributed by atoms with E-state index in [1.807, 2.05) is 0 Å². The van der Waals surface area contributed by atoms with Crippen LogP contribution in [-0.4, -0.2) is 22.6 Å². The molecule has 0 amide bonds. The second kappa shape index (κ2) is 6.82. The van der Waals surface area contributed by atoms with Crippen LogP contribution < -0.4 is 0 Å². The van der Waals surface area contributed by atoms with Crippen LogP contribution in [0.3, 0.4) is 0 Å². The zero-order valence-corrected chi connectivity index (χ0v) is 8.78. The van der Waals surface area contributed by atoms with E-state index in [4.69, 9.17) is 10.3 Å². The van der Waals surface area contributed by atoms with E-state index in [2.05, 4.69) is 5.16 Å². The molecule has 82 valence electrons. The quantitative estimate of drug-likeness (QED) is 0.406. The van der Waals surface area contributed by atoms with E-state index < -0.39 is 0 Å². The third-order valence-electron chi connectivity index (χ3n) is 3.05. The van der Waals surface area contributed by atoms with Crippen molar-refractivity contribution in [2.75, 3.05) is 6.61 Å². The predicted octanol–water partition coefficient (Wildman–Crippen LogP) is 2.56. The summed E-state index contributed by atoms with van der Waals surface area (Å²) in [4.78, 5) is 0. The number of hydrogen-bond acceptors (Lipinski definition) is 3. The number of oxime groups is 1. The molecule has 0 aromatic heterocycles. The molecule has 0 spiro atoms. The summed E-state index contributed by atoms with van der Waals surface area (Å²) in [6.07, 6.45) is 8.85. The van der Waals surface area contributed by atoms with E-state index in [0.29, 0.717) is 12.5 Å².